The van der Waals surface area contributed by atoms with Gasteiger partial charge in [-0.2, -0.15) is 0 Å². The van der Waals surface area contributed by atoms with Crippen LogP contribution in [0.15, 0.2) is 85.1 Å². The van der Waals surface area contributed by atoms with E-state index in [1.165, 1.54) is 32.1 Å². The first-order chi connectivity index (χ1) is 25.1. The number of rotatable bonds is 33. The lowest BCUT2D eigenvalue weighted by Gasteiger charge is -2.34. The molecule has 0 aliphatic carbocycles. The van der Waals surface area contributed by atoms with Gasteiger partial charge in [-0.15, -0.1) is 0 Å². The zero-order chi connectivity index (χ0) is 38.5. The molecule has 0 aromatic heterocycles. The summed E-state index contributed by atoms with van der Waals surface area (Å²) in [6.07, 6.45) is 43.3. The molecule has 0 spiro atoms. The minimum absolute atomic E-state index is 0.00264. The van der Waals surface area contributed by atoms with Crippen LogP contribution in [0.2, 0.25) is 0 Å². The Hall–Kier alpha value is -3.49. The number of aliphatic carboxylic acids is 1. The van der Waals surface area contributed by atoms with E-state index in [4.69, 9.17) is 14.2 Å². The van der Waals surface area contributed by atoms with Gasteiger partial charge in [-0.1, -0.05) is 137 Å². The maximum absolute atomic E-state index is 12.6. The maximum atomic E-state index is 12.6. The van der Waals surface area contributed by atoms with Gasteiger partial charge in [0.2, 0.25) is 0 Å². The Morgan fingerprint density at radius 1 is 0.596 bits per heavy atom. The lowest BCUT2D eigenvalue weighted by molar-refractivity contribution is -0.889. The number of likely N-dealkylation sites (N-methyl/N-ethyl adjacent to an activating group) is 1. The lowest BCUT2D eigenvalue weighted by Crippen LogP contribution is -2.55. The summed E-state index contributed by atoms with van der Waals surface area (Å²) in [6.45, 7) is 4.36. The number of nitrogens with zero attached hydrogens (tertiary/aromatic N) is 1. The third kappa shape index (κ3) is 32.4. The van der Waals surface area contributed by atoms with Gasteiger partial charge >= 0.3 is 11.9 Å². The number of allylic oxidation sites excluding steroid dienone is 14. The Bertz CT molecular complexity index is 1120. The van der Waals surface area contributed by atoms with Crippen molar-refractivity contribution >= 4 is 17.9 Å². The standard InChI is InChI=1S/C44H71NO7/c1-6-8-10-12-14-16-18-20-21-23-24-26-28-30-32-34-42(46)51-39-40(38-50-37-36-41(44(48)49)45(3,4)5)52-43(47)35-33-31-29-27-25-22-19-17-15-13-11-9-7-2/h9,11,13-20,22,25,27,29,40-41H,6-8,10,12,21,23-24,26,28,30-39H2,1-5H3/b11-9+,15-13+,16-14+,19-17+,20-18+,25-22+,29-27+. The molecule has 8 heteroatoms. The molecule has 0 saturated carbocycles. The summed E-state index contributed by atoms with van der Waals surface area (Å²) in [7, 11) is 5.36. The van der Waals surface area contributed by atoms with Gasteiger partial charge < -0.3 is 28.6 Å². The van der Waals surface area contributed by atoms with E-state index in [1.807, 2.05) is 54.7 Å². The minimum Gasteiger partial charge on any atom is -0.544 e. The van der Waals surface area contributed by atoms with E-state index < -0.39 is 24.1 Å². The van der Waals surface area contributed by atoms with Crippen LogP contribution in [0.25, 0.3) is 0 Å². The van der Waals surface area contributed by atoms with E-state index in [9.17, 15) is 19.5 Å². The molecule has 0 rings (SSSR count). The van der Waals surface area contributed by atoms with Crippen LogP contribution in [0.3, 0.4) is 0 Å². The Morgan fingerprint density at radius 3 is 1.67 bits per heavy atom. The van der Waals surface area contributed by atoms with Gasteiger partial charge in [0.1, 0.15) is 12.6 Å². The average Bonchev–Trinajstić information content (AvgIpc) is 3.09. The van der Waals surface area contributed by atoms with Crippen molar-refractivity contribution in [1.82, 2.24) is 0 Å². The van der Waals surface area contributed by atoms with Crippen molar-refractivity contribution in [2.45, 2.75) is 135 Å². The Balaban J connectivity index is 4.56. The van der Waals surface area contributed by atoms with E-state index in [2.05, 4.69) is 44.2 Å². The summed E-state index contributed by atoms with van der Waals surface area (Å²) >= 11 is 0. The summed E-state index contributed by atoms with van der Waals surface area (Å²) < 4.78 is 17.0. The first-order valence-electron chi connectivity index (χ1n) is 19.7. The van der Waals surface area contributed by atoms with Crippen LogP contribution >= 0.6 is 0 Å². The fourth-order valence-electron chi connectivity index (χ4n) is 5.09. The maximum Gasteiger partial charge on any atom is 0.306 e. The average molecular weight is 726 g/mol. The highest BCUT2D eigenvalue weighted by atomic mass is 16.6. The predicted molar refractivity (Wildman–Crippen MR) is 212 cm³/mol. The second-order valence-electron chi connectivity index (χ2n) is 13.9. The molecule has 2 atom stereocenters. The minimum atomic E-state index is -1.14. The SMILES string of the molecule is CC/C=C/C=C/C=C/C=C/C=C/CCCC(=O)OC(COCCC(C(=O)[O-])[N+](C)(C)C)COC(=O)CCCCCCCC/C=C/C=C/CCCCC. The van der Waals surface area contributed by atoms with E-state index in [-0.39, 0.29) is 43.1 Å². The number of carbonyl (C=O) groups is 3. The van der Waals surface area contributed by atoms with Gasteiger partial charge in [-0.05, 0) is 51.4 Å². The second kappa shape index (κ2) is 34.6. The molecule has 0 amide bonds. The first kappa shape index (κ1) is 48.5. The number of quaternary nitrogens is 1. The Kier molecular flexibility index (Phi) is 32.3. The zero-order valence-corrected chi connectivity index (χ0v) is 33.2. The first-order valence-corrected chi connectivity index (χ1v) is 19.7. The molecule has 0 saturated heterocycles. The van der Waals surface area contributed by atoms with Gasteiger partial charge in [0.25, 0.3) is 0 Å². The number of carboxylic acid groups (broad SMARTS) is 1. The molecule has 294 valence electrons. The van der Waals surface area contributed by atoms with E-state index >= 15 is 0 Å². The van der Waals surface area contributed by atoms with Crippen LogP contribution in [0.1, 0.15) is 123 Å². The zero-order valence-electron chi connectivity index (χ0n) is 33.2. The van der Waals surface area contributed by atoms with Crippen LogP contribution < -0.4 is 5.11 Å². The molecule has 0 fully saturated rings. The third-order valence-corrected chi connectivity index (χ3v) is 8.17. The van der Waals surface area contributed by atoms with Crippen molar-refractivity contribution < 1.29 is 38.2 Å². The molecular formula is C44H71NO7. The van der Waals surface area contributed by atoms with Crippen LogP contribution in [0, 0.1) is 0 Å². The highest BCUT2D eigenvalue weighted by Gasteiger charge is 2.25. The van der Waals surface area contributed by atoms with Crippen molar-refractivity contribution in [1.29, 1.82) is 0 Å². The van der Waals surface area contributed by atoms with E-state index in [0.29, 0.717) is 19.3 Å². The molecule has 0 heterocycles. The Morgan fingerprint density at radius 2 is 1.10 bits per heavy atom. The fourth-order valence-corrected chi connectivity index (χ4v) is 5.09. The summed E-state index contributed by atoms with van der Waals surface area (Å²) in [5.74, 6) is -1.86. The summed E-state index contributed by atoms with van der Waals surface area (Å²) in [4.78, 5) is 36.7. The van der Waals surface area contributed by atoms with Crippen LogP contribution in [0.5, 0.6) is 0 Å². The lowest BCUT2D eigenvalue weighted by atomic mass is 10.1. The third-order valence-electron chi connectivity index (χ3n) is 8.17. The van der Waals surface area contributed by atoms with Gasteiger partial charge in [0.05, 0.1) is 40.3 Å². The number of hydrogen-bond acceptors (Lipinski definition) is 7. The number of ether oxygens (including phenoxy) is 3. The summed E-state index contributed by atoms with van der Waals surface area (Å²) in [5.41, 5.74) is 0. The van der Waals surface area contributed by atoms with Gasteiger partial charge in [-0.25, -0.2) is 0 Å². The molecule has 0 radical (unpaired) electrons. The molecule has 2 unspecified atom stereocenters. The summed E-state index contributed by atoms with van der Waals surface area (Å²) in [6, 6.07) is -0.744. The van der Waals surface area contributed by atoms with Crippen molar-refractivity contribution in [2.75, 3.05) is 41.0 Å². The number of unbranched alkanes of at least 4 members (excludes halogenated alkanes) is 10. The molecule has 0 bridgehead atoms. The number of esters is 2. The molecule has 0 N–H and O–H groups in total. The predicted octanol–water partition coefficient (Wildman–Crippen LogP) is 8.85. The molecular weight excluding hydrogens is 654 g/mol. The molecule has 0 aromatic rings. The van der Waals surface area contributed by atoms with Gasteiger partial charge in [-0.3, -0.25) is 9.59 Å². The van der Waals surface area contributed by atoms with Gasteiger partial charge in [0.15, 0.2) is 6.10 Å². The molecule has 52 heavy (non-hydrogen) atoms. The van der Waals surface area contributed by atoms with Crippen LogP contribution in [-0.2, 0) is 28.6 Å². The van der Waals surface area contributed by atoms with Gasteiger partial charge in [0, 0.05) is 19.3 Å². The topological polar surface area (TPSA) is 102 Å². The van der Waals surface area contributed by atoms with Crippen LogP contribution in [-0.4, -0.2) is 75.5 Å². The largest absolute Gasteiger partial charge is 0.544 e. The molecule has 8 nitrogen and oxygen atoms in total. The van der Waals surface area contributed by atoms with Crippen molar-refractivity contribution in [3.63, 3.8) is 0 Å². The van der Waals surface area contributed by atoms with Crippen LogP contribution in [0.4, 0.5) is 0 Å². The number of hydrogen-bond donors (Lipinski definition) is 0. The highest BCUT2D eigenvalue weighted by Crippen LogP contribution is 2.12. The second-order valence-corrected chi connectivity index (χ2v) is 13.9. The quantitative estimate of drug-likeness (QED) is 0.0288. The molecule has 0 aliphatic heterocycles. The summed E-state index contributed by atoms with van der Waals surface area (Å²) in [5, 5.41) is 11.6. The van der Waals surface area contributed by atoms with Crippen molar-refractivity contribution in [3.05, 3.63) is 85.1 Å². The number of carbonyl (C=O) groups excluding carboxylic acids is 3. The smallest absolute Gasteiger partial charge is 0.306 e. The van der Waals surface area contributed by atoms with Crippen molar-refractivity contribution in [3.8, 4) is 0 Å². The van der Waals surface area contributed by atoms with Crippen molar-refractivity contribution in [2.24, 2.45) is 0 Å². The molecule has 0 aromatic carbocycles. The highest BCUT2D eigenvalue weighted by molar-refractivity contribution is 5.70. The normalized spacial score (nSPS) is 13.9. The molecule has 0 aliphatic rings. The number of carboxylic acids is 1. The fraction of sp³-hybridized carbons (Fsp3) is 0.614. The monoisotopic (exact) mass is 726 g/mol. The van der Waals surface area contributed by atoms with E-state index in [0.717, 1.165) is 44.9 Å². The van der Waals surface area contributed by atoms with E-state index in [1.54, 1.807) is 21.1 Å². The Labute approximate surface area is 316 Å².